The van der Waals surface area contributed by atoms with Crippen LogP contribution in [0, 0.1) is 5.92 Å². The average molecular weight is 316 g/mol. The number of nitrogen functional groups attached to an aromatic ring is 1. The number of carbonyl (C=O) groups excluding carboxylic acids is 1. The molecule has 1 unspecified atom stereocenters. The molecule has 1 aromatic heterocycles. The molecule has 1 saturated carbocycles. The van der Waals surface area contributed by atoms with Crippen LogP contribution in [-0.4, -0.2) is 17.6 Å². The molecule has 0 radical (unpaired) electrons. The summed E-state index contributed by atoms with van der Waals surface area (Å²) in [6.07, 6.45) is 3.67. The Kier molecular flexibility index (Phi) is 4.43. The number of nitrogens with two attached hydrogens (primary N) is 1. The van der Waals surface area contributed by atoms with Gasteiger partial charge in [-0.25, -0.2) is 9.78 Å². The van der Waals surface area contributed by atoms with Crippen molar-refractivity contribution >= 4 is 23.0 Å². The molecule has 1 aliphatic carbocycles. The molecular formula is C17H20N2O2S. The molecule has 1 heterocycles. The first-order valence-corrected chi connectivity index (χ1v) is 8.55. The standard InChI is InChI=1S/C17H20N2O2S/c1-2-21-17(20)14-10-22-16(19-14)15(11-5-3-6-11)12-7-4-8-13(18)9-12/h4,7-11,15H,2-3,5-6,18H2,1H3. The Hall–Kier alpha value is -1.88. The first-order valence-electron chi connectivity index (χ1n) is 7.67. The van der Waals surface area contributed by atoms with E-state index in [2.05, 4.69) is 11.1 Å². The number of aromatic nitrogens is 1. The highest BCUT2D eigenvalue weighted by Gasteiger charge is 2.32. The summed E-state index contributed by atoms with van der Waals surface area (Å²) in [4.78, 5) is 16.4. The fourth-order valence-corrected chi connectivity index (χ4v) is 3.88. The second-order valence-electron chi connectivity index (χ2n) is 5.63. The molecule has 4 nitrogen and oxygen atoms in total. The van der Waals surface area contributed by atoms with Crippen molar-refractivity contribution in [1.29, 1.82) is 0 Å². The summed E-state index contributed by atoms with van der Waals surface area (Å²) in [5, 5.41) is 2.78. The third-order valence-electron chi connectivity index (χ3n) is 4.16. The molecule has 116 valence electrons. The van der Waals surface area contributed by atoms with Crippen LogP contribution in [0.25, 0.3) is 0 Å². The zero-order chi connectivity index (χ0) is 15.5. The minimum Gasteiger partial charge on any atom is -0.461 e. The van der Waals surface area contributed by atoms with Crippen LogP contribution in [0.3, 0.4) is 0 Å². The van der Waals surface area contributed by atoms with Gasteiger partial charge in [0.05, 0.1) is 6.61 Å². The van der Waals surface area contributed by atoms with Gasteiger partial charge in [-0.1, -0.05) is 18.6 Å². The molecule has 1 atom stereocenters. The zero-order valence-electron chi connectivity index (χ0n) is 12.6. The Morgan fingerprint density at radius 1 is 1.50 bits per heavy atom. The van der Waals surface area contributed by atoms with E-state index >= 15 is 0 Å². The van der Waals surface area contributed by atoms with Gasteiger partial charge in [0.2, 0.25) is 0 Å². The lowest BCUT2D eigenvalue weighted by Crippen LogP contribution is -2.21. The van der Waals surface area contributed by atoms with Crippen molar-refractivity contribution < 1.29 is 9.53 Å². The number of hydrogen-bond acceptors (Lipinski definition) is 5. The molecular weight excluding hydrogens is 296 g/mol. The highest BCUT2D eigenvalue weighted by Crippen LogP contribution is 2.44. The van der Waals surface area contributed by atoms with Gasteiger partial charge >= 0.3 is 5.97 Å². The first-order chi connectivity index (χ1) is 10.7. The van der Waals surface area contributed by atoms with E-state index in [1.807, 2.05) is 18.2 Å². The second kappa shape index (κ2) is 6.48. The van der Waals surface area contributed by atoms with Crippen LogP contribution < -0.4 is 5.73 Å². The summed E-state index contributed by atoms with van der Waals surface area (Å²) >= 11 is 1.54. The molecule has 1 aromatic carbocycles. The van der Waals surface area contributed by atoms with E-state index in [1.165, 1.54) is 36.2 Å². The van der Waals surface area contributed by atoms with Crippen LogP contribution in [0.4, 0.5) is 5.69 Å². The maximum Gasteiger partial charge on any atom is 0.357 e. The highest BCUT2D eigenvalue weighted by atomic mass is 32.1. The number of ether oxygens (including phenoxy) is 1. The number of benzene rings is 1. The van der Waals surface area contributed by atoms with Crippen LogP contribution in [0.15, 0.2) is 29.6 Å². The first kappa shape index (κ1) is 15.0. The average Bonchev–Trinajstić information content (AvgIpc) is 2.92. The predicted octanol–water partition coefficient (Wildman–Crippen LogP) is 3.83. The molecule has 1 aliphatic rings. The van der Waals surface area contributed by atoms with E-state index in [0.717, 1.165) is 10.7 Å². The molecule has 0 bridgehead atoms. The Labute approximate surface area is 134 Å². The van der Waals surface area contributed by atoms with Crippen LogP contribution in [-0.2, 0) is 4.74 Å². The Bertz CT molecular complexity index is 664. The number of hydrogen-bond donors (Lipinski definition) is 1. The molecule has 2 N–H and O–H groups in total. The Balaban J connectivity index is 1.91. The summed E-state index contributed by atoms with van der Waals surface area (Å²) in [7, 11) is 0. The van der Waals surface area contributed by atoms with E-state index in [4.69, 9.17) is 10.5 Å². The number of anilines is 1. The van der Waals surface area contributed by atoms with Crippen molar-refractivity contribution in [3.8, 4) is 0 Å². The molecule has 0 amide bonds. The molecule has 3 rings (SSSR count). The van der Waals surface area contributed by atoms with E-state index in [0.29, 0.717) is 18.2 Å². The summed E-state index contributed by atoms with van der Waals surface area (Å²) in [6.45, 7) is 2.17. The van der Waals surface area contributed by atoms with E-state index in [1.54, 1.807) is 12.3 Å². The molecule has 22 heavy (non-hydrogen) atoms. The number of rotatable bonds is 5. The van der Waals surface area contributed by atoms with E-state index < -0.39 is 0 Å². The maximum absolute atomic E-state index is 11.8. The van der Waals surface area contributed by atoms with Gasteiger partial charge in [0.15, 0.2) is 5.69 Å². The Morgan fingerprint density at radius 3 is 2.95 bits per heavy atom. The zero-order valence-corrected chi connectivity index (χ0v) is 13.4. The van der Waals surface area contributed by atoms with Gasteiger partial charge in [0.1, 0.15) is 5.01 Å². The number of thiazole rings is 1. The van der Waals surface area contributed by atoms with Crippen molar-refractivity contribution in [2.75, 3.05) is 12.3 Å². The summed E-state index contributed by atoms with van der Waals surface area (Å²) in [6, 6.07) is 8.00. The molecule has 0 spiro atoms. The van der Waals surface area contributed by atoms with Crippen LogP contribution in [0.2, 0.25) is 0 Å². The lowest BCUT2D eigenvalue weighted by atomic mass is 9.73. The molecule has 0 aliphatic heterocycles. The predicted molar refractivity (Wildman–Crippen MR) is 88.1 cm³/mol. The van der Waals surface area contributed by atoms with Crippen molar-refractivity contribution in [2.24, 2.45) is 5.92 Å². The van der Waals surface area contributed by atoms with Crippen LogP contribution >= 0.6 is 11.3 Å². The fraction of sp³-hybridized carbons (Fsp3) is 0.412. The van der Waals surface area contributed by atoms with Gasteiger partial charge in [-0.2, -0.15) is 0 Å². The highest BCUT2D eigenvalue weighted by molar-refractivity contribution is 7.10. The Morgan fingerprint density at radius 2 is 2.32 bits per heavy atom. The number of esters is 1. The molecule has 5 heteroatoms. The smallest absolute Gasteiger partial charge is 0.357 e. The van der Waals surface area contributed by atoms with E-state index in [-0.39, 0.29) is 11.9 Å². The third kappa shape index (κ3) is 2.99. The minimum atomic E-state index is -0.343. The number of carbonyl (C=O) groups is 1. The van der Waals surface area contributed by atoms with Gasteiger partial charge in [0.25, 0.3) is 0 Å². The van der Waals surface area contributed by atoms with Gasteiger partial charge in [-0.05, 0) is 43.4 Å². The maximum atomic E-state index is 11.8. The summed E-state index contributed by atoms with van der Waals surface area (Å²) in [5.41, 5.74) is 8.30. The largest absolute Gasteiger partial charge is 0.461 e. The number of nitrogens with zero attached hydrogens (tertiary/aromatic N) is 1. The van der Waals surface area contributed by atoms with Crippen LogP contribution in [0.1, 0.15) is 53.2 Å². The normalized spacial score (nSPS) is 16.0. The quantitative estimate of drug-likeness (QED) is 0.672. The third-order valence-corrected chi connectivity index (χ3v) is 5.09. The molecule has 1 fully saturated rings. The molecule has 2 aromatic rings. The van der Waals surface area contributed by atoms with E-state index in [9.17, 15) is 4.79 Å². The summed E-state index contributed by atoms with van der Waals surface area (Å²) in [5.74, 6) is 0.471. The van der Waals surface area contributed by atoms with Crippen molar-refractivity contribution in [3.05, 3.63) is 45.9 Å². The van der Waals surface area contributed by atoms with Crippen molar-refractivity contribution in [3.63, 3.8) is 0 Å². The van der Waals surface area contributed by atoms with Gasteiger partial charge in [0, 0.05) is 17.0 Å². The van der Waals surface area contributed by atoms with Gasteiger partial charge in [-0.3, -0.25) is 0 Å². The monoisotopic (exact) mass is 316 g/mol. The van der Waals surface area contributed by atoms with Gasteiger partial charge < -0.3 is 10.5 Å². The molecule has 0 saturated heterocycles. The van der Waals surface area contributed by atoms with Gasteiger partial charge in [-0.15, -0.1) is 11.3 Å². The van der Waals surface area contributed by atoms with Crippen molar-refractivity contribution in [1.82, 2.24) is 4.98 Å². The lowest BCUT2D eigenvalue weighted by molar-refractivity contribution is 0.0520. The second-order valence-corrected chi connectivity index (χ2v) is 6.52. The van der Waals surface area contributed by atoms with Crippen molar-refractivity contribution in [2.45, 2.75) is 32.1 Å². The van der Waals surface area contributed by atoms with Crippen LogP contribution in [0.5, 0.6) is 0 Å². The fourth-order valence-electron chi connectivity index (χ4n) is 2.87. The summed E-state index contributed by atoms with van der Waals surface area (Å²) < 4.78 is 5.03. The lowest BCUT2D eigenvalue weighted by Gasteiger charge is -2.33. The SMILES string of the molecule is CCOC(=O)c1csc(C(c2cccc(N)c2)C2CCC2)n1. The topological polar surface area (TPSA) is 65.2 Å². The minimum absolute atomic E-state index is 0.227.